The number of hydrogen-bond donors (Lipinski definition) is 3. The van der Waals surface area contributed by atoms with Gasteiger partial charge in [-0.05, 0) is 31.8 Å². The Balaban J connectivity index is 1.28. The number of nitrogens with one attached hydrogen (secondary N) is 1. The summed E-state index contributed by atoms with van der Waals surface area (Å²) in [6, 6.07) is 6.28. The molecule has 4 aromatic rings. The standard InChI is InChI=1S/C23H27N9O3/c1-30(2)19(33)7-13-4-5-16-18(6-13)35-23(29-16)32-10-14(11-32)17-9-25-22(20(28-17)21(24)34)27-15-8-26-31(3)12-15/h4-6,8-9,12,14,19,33H,7,10-11H2,1-3H3,(H2,24,34)(H,25,27). The van der Waals surface area contributed by atoms with Crippen LogP contribution in [0, 0.1) is 0 Å². The number of carbonyl (C=O) groups is 1. The van der Waals surface area contributed by atoms with Gasteiger partial charge in [-0.3, -0.25) is 14.4 Å². The van der Waals surface area contributed by atoms with Gasteiger partial charge in [0, 0.05) is 38.7 Å². The molecule has 4 heterocycles. The van der Waals surface area contributed by atoms with Crippen LogP contribution >= 0.6 is 0 Å². The van der Waals surface area contributed by atoms with Gasteiger partial charge in [-0.15, -0.1) is 0 Å². The lowest BCUT2D eigenvalue weighted by Crippen LogP contribution is -2.45. The highest BCUT2D eigenvalue weighted by atomic mass is 16.4. The Morgan fingerprint density at radius 1 is 1.31 bits per heavy atom. The van der Waals surface area contributed by atoms with E-state index < -0.39 is 12.1 Å². The zero-order valence-electron chi connectivity index (χ0n) is 19.7. The highest BCUT2D eigenvalue weighted by molar-refractivity contribution is 5.96. The predicted molar refractivity (Wildman–Crippen MR) is 129 cm³/mol. The van der Waals surface area contributed by atoms with Gasteiger partial charge in [0.15, 0.2) is 17.1 Å². The van der Waals surface area contributed by atoms with Crippen molar-refractivity contribution in [2.24, 2.45) is 12.8 Å². The lowest BCUT2D eigenvalue weighted by Gasteiger charge is -2.37. The van der Waals surface area contributed by atoms with Crippen molar-refractivity contribution in [1.82, 2.24) is 29.6 Å². The summed E-state index contributed by atoms with van der Waals surface area (Å²) in [6.07, 6.45) is 4.97. The second kappa shape index (κ2) is 8.96. The van der Waals surface area contributed by atoms with Gasteiger partial charge in [0.2, 0.25) is 0 Å². The number of nitrogens with zero attached hydrogens (tertiary/aromatic N) is 7. The van der Waals surface area contributed by atoms with Crippen LogP contribution in [0.1, 0.15) is 27.7 Å². The van der Waals surface area contributed by atoms with Gasteiger partial charge in [0.25, 0.3) is 11.9 Å². The number of likely N-dealkylation sites (N-methyl/N-ethyl adjacent to an activating group) is 1. The first-order valence-corrected chi connectivity index (χ1v) is 11.2. The summed E-state index contributed by atoms with van der Waals surface area (Å²) in [6.45, 7) is 1.25. The number of aromatic nitrogens is 5. The summed E-state index contributed by atoms with van der Waals surface area (Å²) in [5.74, 6) is -0.301. The highest BCUT2D eigenvalue weighted by Gasteiger charge is 2.33. The molecule has 1 aliphatic heterocycles. The number of amides is 1. The van der Waals surface area contributed by atoms with Crippen molar-refractivity contribution >= 4 is 34.5 Å². The number of rotatable bonds is 8. The third kappa shape index (κ3) is 4.66. The van der Waals surface area contributed by atoms with Gasteiger partial charge < -0.3 is 25.5 Å². The number of primary amides is 1. The molecule has 0 spiro atoms. The Kier molecular flexibility index (Phi) is 5.83. The summed E-state index contributed by atoms with van der Waals surface area (Å²) in [5, 5.41) is 17.2. The van der Waals surface area contributed by atoms with Crippen LogP contribution in [0.25, 0.3) is 11.1 Å². The van der Waals surface area contributed by atoms with E-state index >= 15 is 0 Å². The molecule has 1 saturated heterocycles. The Hall–Kier alpha value is -4.03. The molecule has 1 aliphatic rings. The molecule has 3 aromatic heterocycles. The lowest BCUT2D eigenvalue weighted by atomic mass is 9.97. The second-order valence-corrected chi connectivity index (χ2v) is 8.93. The number of anilines is 3. The fourth-order valence-electron chi connectivity index (χ4n) is 3.92. The second-order valence-electron chi connectivity index (χ2n) is 8.93. The topological polar surface area (TPSA) is 151 Å². The van der Waals surface area contributed by atoms with Crippen molar-refractivity contribution in [3.05, 3.63) is 53.7 Å². The van der Waals surface area contributed by atoms with Crippen LogP contribution in [0.3, 0.4) is 0 Å². The van der Waals surface area contributed by atoms with Crippen molar-refractivity contribution in [2.45, 2.75) is 18.6 Å². The van der Waals surface area contributed by atoms with Crippen LogP contribution in [0.15, 0.2) is 41.2 Å². The van der Waals surface area contributed by atoms with E-state index in [2.05, 4.69) is 25.4 Å². The Labute approximate surface area is 201 Å². The van der Waals surface area contributed by atoms with E-state index in [1.54, 1.807) is 35.2 Å². The van der Waals surface area contributed by atoms with Crippen LogP contribution in [0.5, 0.6) is 0 Å². The SMILES string of the molecule is CN(C)C(O)Cc1ccc2nc(N3CC(c4cnc(Nc5cnn(C)c5)c(C(N)=O)n4)C3)oc2c1. The third-order valence-corrected chi connectivity index (χ3v) is 6.02. The van der Waals surface area contributed by atoms with Gasteiger partial charge in [0.05, 0.1) is 23.8 Å². The van der Waals surface area contributed by atoms with Crippen molar-refractivity contribution in [1.29, 1.82) is 0 Å². The van der Waals surface area contributed by atoms with E-state index in [1.165, 1.54) is 0 Å². The molecule has 1 unspecified atom stereocenters. The van der Waals surface area contributed by atoms with E-state index in [4.69, 9.17) is 10.2 Å². The van der Waals surface area contributed by atoms with Gasteiger partial charge in [-0.25, -0.2) is 9.97 Å². The summed E-state index contributed by atoms with van der Waals surface area (Å²) in [7, 11) is 5.46. The molecule has 0 aliphatic carbocycles. The molecule has 1 atom stereocenters. The van der Waals surface area contributed by atoms with Crippen LogP contribution in [0.4, 0.5) is 17.5 Å². The fraction of sp³-hybridized carbons (Fsp3) is 0.348. The van der Waals surface area contributed by atoms with E-state index in [-0.39, 0.29) is 11.6 Å². The van der Waals surface area contributed by atoms with Gasteiger partial charge >= 0.3 is 0 Å². The average molecular weight is 478 g/mol. The zero-order chi connectivity index (χ0) is 24.7. The molecule has 5 rings (SSSR count). The molecule has 182 valence electrons. The normalized spacial score (nSPS) is 14.9. The molecular weight excluding hydrogens is 450 g/mol. The number of aliphatic hydroxyl groups excluding tert-OH is 1. The van der Waals surface area contributed by atoms with Crippen LogP contribution in [0.2, 0.25) is 0 Å². The summed E-state index contributed by atoms with van der Waals surface area (Å²) < 4.78 is 7.62. The molecule has 1 aromatic carbocycles. The fourth-order valence-corrected chi connectivity index (χ4v) is 3.92. The number of oxazole rings is 1. The number of carbonyl (C=O) groups excluding carboxylic acids is 1. The maximum absolute atomic E-state index is 12.0. The molecular formula is C23H27N9O3. The number of aryl methyl sites for hydroxylation is 1. The number of aliphatic hydroxyl groups is 1. The molecule has 0 bridgehead atoms. The Bertz CT molecular complexity index is 1370. The van der Waals surface area contributed by atoms with Gasteiger partial charge in [-0.2, -0.15) is 10.1 Å². The molecule has 12 heteroatoms. The monoisotopic (exact) mass is 477 g/mol. The first kappa shape index (κ1) is 22.7. The van der Waals surface area contributed by atoms with Gasteiger partial charge in [0.1, 0.15) is 11.7 Å². The quantitative estimate of drug-likeness (QED) is 0.316. The van der Waals surface area contributed by atoms with E-state index in [1.807, 2.05) is 37.2 Å². The molecule has 0 saturated carbocycles. The molecule has 4 N–H and O–H groups in total. The molecule has 1 fully saturated rings. The smallest absolute Gasteiger partial charge is 0.298 e. The lowest BCUT2D eigenvalue weighted by molar-refractivity contribution is 0.0413. The van der Waals surface area contributed by atoms with E-state index in [0.29, 0.717) is 48.3 Å². The Morgan fingerprint density at radius 2 is 2.11 bits per heavy atom. The number of hydrogen-bond acceptors (Lipinski definition) is 10. The first-order chi connectivity index (χ1) is 16.8. The minimum Gasteiger partial charge on any atom is -0.423 e. The highest BCUT2D eigenvalue weighted by Crippen LogP contribution is 2.33. The zero-order valence-corrected chi connectivity index (χ0v) is 19.7. The number of fused-ring (bicyclic) bond motifs is 1. The predicted octanol–water partition coefficient (Wildman–Crippen LogP) is 1.22. The number of nitrogens with two attached hydrogens (primary N) is 1. The number of benzene rings is 1. The van der Waals surface area contributed by atoms with Crippen molar-refractivity contribution in [3.63, 3.8) is 0 Å². The maximum atomic E-state index is 12.0. The largest absolute Gasteiger partial charge is 0.423 e. The maximum Gasteiger partial charge on any atom is 0.298 e. The Morgan fingerprint density at radius 3 is 2.80 bits per heavy atom. The molecule has 35 heavy (non-hydrogen) atoms. The van der Waals surface area contributed by atoms with Crippen molar-refractivity contribution in [2.75, 3.05) is 37.4 Å². The first-order valence-electron chi connectivity index (χ1n) is 11.2. The molecule has 1 amide bonds. The summed E-state index contributed by atoms with van der Waals surface area (Å²) >= 11 is 0. The minimum absolute atomic E-state index is 0.0638. The van der Waals surface area contributed by atoms with Crippen LogP contribution in [-0.4, -0.2) is 74.1 Å². The minimum atomic E-state index is -0.656. The van der Waals surface area contributed by atoms with E-state index in [0.717, 1.165) is 11.1 Å². The molecule has 0 radical (unpaired) electrons. The van der Waals surface area contributed by atoms with Crippen LogP contribution < -0.4 is 16.0 Å². The van der Waals surface area contributed by atoms with Crippen molar-refractivity contribution < 1.29 is 14.3 Å². The third-order valence-electron chi connectivity index (χ3n) is 6.02. The van der Waals surface area contributed by atoms with Crippen LogP contribution in [-0.2, 0) is 13.5 Å². The van der Waals surface area contributed by atoms with E-state index in [9.17, 15) is 9.90 Å². The van der Waals surface area contributed by atoms with Gasteiger partial charge in [-0.1, -0.05) is 6.07 Å². The summed E-state index contributed by atoms with van der Waals surface area (Å²) in [4.78, 5) is 29.2. The summed E-state index contributed by atoms with van der Waals surface area (Å²) in [5.41, 5.74) is 9.42. The average Bonchev–Trinajstić information content (AvgIpc) is 3.38. The van der Waals surface area contributed by atoms with Crippen molar-refractivity contribution in [3.8, 4) is 0 Å². The molecule has 12 nitrogen and oxygen atoms in total.